The Labute approximate surface area is 196 Å². The summed E-state index contributed by atoms with van der Waals surface area (Å²) in [5.41, 5.74) is 3.77. The van der Waals surface area contributed by atoms with Gasteiger partial charge in [0.25, 0.3) is 0 Å². The maximum atomic E-state index is 12.9. The molecular formula is C27H24N2O5. The Balaban J connectivity index is 1.24. The quantitative estimate of drug-likeness (QED) is 0.499. The summed E-state index contributed by atoms with van der Waals surface area (Å²) in [6.07, 6.45) is 0.148. The van der Waals surface area contributed by atoms with E-state index >= 15 is 0 Å². The number of hydrogen-bond donors (Lipinski definition) is 3. The van der Waals surface area contributed by atoms with Crippen molar-refractivity contribution in [2.24, 2.45) is 0 Å². The molecule has 0 heterocycles. The summed E-state index contributed by atoms with van der Waals surface area (Å²) in [6.45, 7) is 0.138. The average Bonchev–Trinajstić information content (AvgIpc) is 3.57. The number of carbonyl (C=O) groups is 3. The molecule has 3 aromatic carbocycles. The van der Waals surface area contributed by atoms with Crippen molar-refractivity contribution in [2.75, 3.05) is 6.61 Å². The molecule has 0 aliphatic heterocycles. The van der Waals surface area contributed by atoms with Crippen LogP contribution in [0.3, 0.4) is 0 Å². The molecule has 0 bridgehead atoms. The molecule has 1 saturated carbocycles. The highest BCUT2D eigenvalue weighted by molar-refractivity contribution is 5.95. The summed E-state index contributed by atoms with van der Waals surface area (Å²) in [5, 5.41) is 14.8. The highest BCUT2D eigenvalue weighted by Crippen LogP contribution is 2.44. The van der Waals surface area contributed by atoms with Gasteiger partial charge in [0.05, 0.1) is 0 Å². The number of nitrogens with one attached hydrogen (secondary N) is 2. The van der Waals surface area contributed by atoms with Crippen LogP contribution in [0.15, 0.2) is 78.9 Å². The van der Waals surface area contributed by atoms with Crippen LogP contribution in [0.1, 0.15) is 41.5 Å². The second-order valence-electron chi connectivity index (χ2n) is 8.69. The molecule has 0 aromatic heterocycles. The summed E-state index contributed by atoms with van der Waals surface area (Å²) in [5.74, 6) is -1.79. The standard InChI is InChI=1S/C27H24N2O5/c30-24(31)23(17-8-2-1-3-9-17)28-25(32)27(14-15-27)29-26(33)34-16-22-20-12-6-4-10-18(20)19-11-5-7-13-21(19)22/h1-13,22-23H,14-16H2,(H,28,32)(H,29,33)(H,30,31). The van der Waals surface area contributed by atoms with Crippen LogP contribution >= 0.6 is 0 Å². The fraction of sp³-hybridized carbons (Fsp3) is 0.222. The number of carboxylic acid groups (broad SMARTS) is 1. The van der Waals surface area contributed by atoms with Crippen molar-refractivity contribution in [1.82, 2.24) is 10.6 Å². The van der Waals surface area contributed by atoms with E-state index < -0.39 is 29.6 Å². The van der Waals surface area contributed by atoms with E-state index in [4.69, 9.17) is 4.74 Å². The lowest BCUT2D eigenvalue weighted by molar-refractivity contribution is -0.142. The van der Waals surface area contributed by atoms with E-state index in [0.29, 0.717) is 18.4 Å². The van der Waals surface area contributed by atoms with E-state index in [9.17, 15) is 19.5 Å². The second-order valence-corrected chi connectivity index (χ2v) is 8.69. The van der Waals surface area contributed by atoms with Gasteiger partial charge in [-0.3, -0.25) is 4.79 Å². The first-order chi connectivity index (χ1) is 16.5. The van der Waals surface area contributed by atoms with Crippen LogP contribution < -0.4 is 10.6 Å². The Bertz CT molecular complexity index is 1210. The van der Waals surface area contributed by atoms with Gasteiger partial charge >= 0.3 is 12.1 Å². The lowest BCUT2D eigenvalue weighted by Crippen LogP contribution is -2.51. The van der Waals surface area contributed by atoms with Crippen LogP contribution in [0.5, 0.6) is 0 Å². The number of ether oxygens (including phenoxy) is 1. The zero-order chi connectivity index (χ0) is 23.7. The van der Waals surface area contributed by atoms with Crippen LogP contribution in [-0.2, 0) is 14.3 Å². The maximum Gasteiger partial charge on any atom is 0.408 e. The summed E-state index contributed by atoms with van der Waals surface area (Å²) in [7, 11) is 0. The minimum absolute atomic E-state index is 0.0865. The number of fused-ring (bicyclic) bond motifs is 3. The maximum absolute atomic E-state index is 12.9. The van der Waals surface area contributed by atoms with Gasteiger partial charge in [0.2, 0.25) is 5.91 Å². The topological polar surface area (TPSA) is 105 Å². The molecular weight excluding hydrogens is 432 g/mol. The number of alkyl carbamates (subject to hydrolysis) is 1. The molecule has 1 unspecified atom stereocenters. The van der Waals surface area contributed by atoms with Crippen molar-refractivity contribution < 1.29 is 24.2 Å². The molecule has 172 valence electrons. The molecule has 2 aliphatic rings. The molecule has 0 saturated heterocycles. The Kier molecular flexibility index (Phi) is 5.53. The molecule has 2 amide bonds. The monoisotopic (exact) mass is 456 g/mol. The SMILES string of the molecule is O=C(NC1(C(=O)NC(C(=O)O)c2ccccc2)CC1)OCC1c2ccccc2-c2ccccc21. The third-order valence-electron chi connectivity index (χ3n) is 6.52. The average molecular weight is 456 g/mol. The molecule has 2 aliphatic carbocycles. The van der Waals surface area contributed by atoms with E-state index in [-0.39, 0.29) is 12.5 Å². The van der Waals surface area contributed by atoms with E-state index in [0.717, 1.165) is 22.3 Å². The lowest BCUT2D eigenvalue weighted by atomic mass is 9.98. The van der Waals surface area contributed by atoms with Crippen molar-refractivity contribution in [3.8, 4) is 11.1 Å². The molecule has 5 rings (SSSR count). The number of rotatable bonds is 7. The van der Waals surface area contributed by atoms with Gasteiger partial charge in [0, 0.05) is 5.92 Å². The first kappa shape index (κ1) is 21.7. The smallest absolute Gasteiger partial charge is 0.408 e. The Hall–Kier alpha value is -4.13. The highest BCUT2D eigenvalue weighted by Gasteiger charge is 2.52. The number of hydrogen-bond acceptors (Lipinski definition) is 4. The van der Waals surface area contributed by atoms with Gasteiger partial charge in [0.15, 0.2) is 6.04 Å². The van der Waals surface area contributed by atoms with Gasteiger partial charge < -0.3 is 20.5 Å². The van der Waals surface area contributed by atoms with Crippen LogP contribution in [-0.4, -0.2) is 35.2 Å². The molecule has 3 aromatic rings. The van der Waals surface area contributed by atoms with Crippen molar-refractivity contribution >= 4 is 18.0 Å². The highest BCUT2D eigenvalue weighted by atomic mass is 16.5. The molecule has 0 radical (unpaired) electrons. The first-order valence-corrected chi connectivity index (χ1v) is 11.2. The molecule has 34 heavy (non-hydrogen) atoms. The van der Waals surface area contributed by atoms with Crippen LogP contribution in [0.4, 0.5) is 4.79 Å². The summed E-state index contributed by atoms with van der Waals surface area (Å²) in [6, 6.07) is 23.3. The summed E-state index contributed by atoms with van der Waals surface area (Å²) < 4.78 is 5.56. The summed E-state index contributed by atoms with van der Waals surface area (Å²) in [4.78, 5) is 37.3. The lowest BCUT2D eigenvalue weighted by Gasteiger charge is -2.21. The van der Waals surface area contributed by atoms with Crippen LogP contribution in [0.2, 0.25) is 0 Å². The number of carboxylic acids is 1. The minimum atomic E-state index is -1.20. The van der Waals surface area contributed by atoms with Crippen molar-refractivity contribution in [3.05, 3.63) is 95.6 Å². The van der Waals surface area contributed by atoms with Crippen molar-refractivity contribution in [2.45, 2.75) is 30.3 Å². The van der Waals surface area contributed by atoms with Crippen LogP contribution in [0, 0.1) is 0 Å². The summed E-state index contributed by atoms with van der Waals surface area (Å²) >= 11 is 0. The normalized spacial score (nSPS) is 16.0. The minimum Gasteiger partial charge on any atom is -0.479 e. The Morgan fingerprint density at radius 1 is 0.882 bits per heavy atom. The molecule has 1 atom stereocenters. The third kappa shape index (κ3) is 4.01. The van der Waals surface area contributed by atoms with Gasteiger partial charge in [0.1, 0.15) is 12.1 Å². The molecule has 7 heteroatoms. The Morgan fingerprint density at radius 2 is 1.44 bits per heavy atom. The fourth-order valence-electron chi connectivity index (χ4n) is 4.57. The fourth-order valence-corrected chi connectivity index (χ4v) is 4.57. The van der Waals surface area contributed by atoms with E-state index in [1.807, 2.05) is 36.4 Å². The van der Waals surface area contributed by atoms with Crippen LogP contribution in [0.25, 0.3) is 11.1 Å². The predicted molar refractivity (Wildman–Crippen MR) is 125 cm³/mol. The van der Waals surface area contributed by atoms with Gasteiger partial charge in [-0.25, -0.2) is 9.59 Å². The van der Waals surface area contributed by atoms with Crippen molar-refractivity contribution in [3.63, 3.8) is 0 Å². The Morgan fingerprint density at radius 3 is 2.00 bits per heavy atom. The first-order valence-electron chi connectivity index (χ1n) is 11.2. The van der Waals surface area contributed by atoms with E-state index in [2.05, 4.69) is 22.8 Å². The van der Waals surface area contributed by atoms with Crippen molar-refractivity contribution in [1.29, 1.82) is 0 Å². The van der Waals surface area contributed by atoms with Gasteiger partial charge in [-0.2, -0.15) is 0 Å². The zero-order valence-corrected chi connectivity index (χ0v) is 18.4. The van der Waals surface area contributed by atoms with E-state index in [1.165, 1.54) is 0 Å². The predicted octanol–water partition coefficient (Wildman–Crippen LogP) is 4.00. The second kappa shape index (κ2) is 8.67. The third-order valence-corrected chi connectivity index (χ3v) is 6.52. The molecule has 1 fully saturated rings. The zero-order valence-electron chi connectivity index (χ0n) is 18.4. The molecule has 0 spiro atoms. The van der Waals surface area contributed by atoms with Gasteiger partial charge in [-0.05, 0) is 40.7 Å². The van der Waals surface area contributed by atoms with Gasteiger partial charge in [-0.1, -0.05) is 78.9 Å². The van der Waals surface area contributed by atoms with E-state index in [1.54, 1.807) is 30.3 Å². The number of aliphatic carboxylic acids is 1. The molecule has 7 nitrogen and oxygen atoms in total. The number of amides is 2. The number of carbonyl (C=O) groups excluding carboxylic acids is 2. The van der Waals surface area contributed by atoms with Gasteiger partial charge in [-0.15, -0.1) is 0 Å². The molecule has 3 N–H and O–H groups in total. The number of benzene rings is 3. The largest absolute Gasteiger partial charge is 0.479 e.